The third-order valence-corrected chi connectivity index (χ3v) is 5.09. The Hall–Kier alpha value is -3.49. The number of aromatic hydroxyl groups is 4. The van der Waals surface area contributed by atoms with Crippen LogP contribution in [0.4, 0.5) is 5.69 Å². The molecule has 0 aliphatic heterocycles. The second kappa shape index (κ2) is 13.3. The first kappa shape index (κ1) is 26.8. The number of hydrogen-bond acceptors (Lipinski definition) is 8. The van der Waals surface area contributed by atoms with Crippen LogP contribution >= 0.6 is 12.4 Å². The van der Waals surface area contributed by atoms with Crippen LogP contribution in [0, 0.1) is 0 Å². The Balaban J connectivity index is 0.00000408. The van der Waals surface area contributed by atoms with Gasteiger partial charge < -0.3 is 35.6 Å². The maximum absolute atomic E-state index is 9.85. The number of halogens is 1. The van der Waals surface area contributed by atoms with Crippen LogP contribution in [-0.2, 0) is 6.54 Å². The summed E-state index contributed by atoms with van der Waals surface area (Å²) >= 11 is 0. The summed E-state index contributed by atoms with van der Waals surface area (Å²) in [4.78, 5) is 2.25. The maximum Gasteiger partial charge on any atom is 0.200 e. The average molecular weight is 491 g/mol. The Morgan fingerprint density at radius 1 is 0.676 bits per heavy atom. The van der Waals surface area contributed by atoms with E-state index in [1.807, 2.05) is 24.3 Å². The van der Waals surface area contributed by atoms with E-state index in [-0.39, 0.29) is 46.9 Å². The van der Waals surface area contributed by atoms with Gasteiger partial charge in [-0.1, -0.05) is 24.3 Å². The van der Waals surface area contributed by atoms with Crippen molar-refractivity contribution in [3.05, 3.63) is 66.2 Å². The molecule has 9 heteroatoms. The van der Waals surface area contributed by atoms with E-state index in [0.717, 1.165) is 25.2 Å². The van der Waals surface area contributed by atoms with Crippen LogP contribution in [0.5, 0.6) is 34.5 Å². The fourth-order valence-electron chi connectivity index (χ4n) is 3.35. The zero-order valence-corrected chi connectivity index (χ0v) is 19.6. The minimum absolute atomic E-state index is 0. The number of phenolic OH excluding ortho intramolecular Hbond substituents is 4. The number of rotatable bonds is 12. The highest BCUT2D eigenvalue weighted by Crippen LogP contribution is 2.35. The molecule has 8 nitrogen and oxygen atoms in total. The Bertz CT molecular complexity index is 973. The van der Waals surface area contributed by atoms with Crippen LogP contribution in [0.3, 0.4) is 0 Å². The molecule has 6 N–H and O–H groups in total. The first-order valence-corrected chi connectivity index (χ1v) is 10.8. The molecule has 0 atom stereocenters. The van der Waals surface area contributed by atoms with Crippen molar-refractivity contribution >= 4 is 18.1 Å². The lowest BCUT2D eigenvalue weighted by molar-refractivity contribution is 0.203. The van der Waals surface area contributed by atoms with Crippen molar-refractivity contribution in [3.63, 3.8) is 0 Å². The van der Waals surface area contributed by atoms with Gasteiger partial charge in [0.25, 0.3) is 0 Å². The Morgan fingerprint density at radius 3 is 1.62 bits per heavy atom. The van der Waals surface area contributed by atoms with Crippen molar-refractivity contribution < 1.29 is 29.9 Å². The molecule has 0 radical (unpaired) electrons. The maximum atomic E-state index is 9.85. The summed E-state index contributed by atoms with van der Waals surface area (Å²) in [6, 6.07) is 17.0. The first-order valence-electron chi connectivity index (χ1n) is 10.8. The zero-order valence-electron chi connectivity index (χ0n) is 18.8. The minimum Gasteiger partial charge on any atom is -0.504 e. The smallest absolute Gasteiger partial charge is 0.200 e. The number of nitrogen functional groups attached to an aromatic ring is 1. The van der Waals surface area contributed by atoms with Crippen LogP contribution in [-0.4, -0.2) is 51.6 Å². The second-order valence-electron chi connectivity index (χ2n) is 7.67. The molecule has 3 rings (SSSR count). The molecule has 3 aromatic rings. The van der Waals surface area contributed by atoms with Gasteiger partial charge in [0.2, 0.25) is 11.5 Å². The van der Waals surface area contributed by atoms with Crippen LogP contribution in [0.1, 0.15) is 18.4 Å². The topological polar surface area (TPSA) is 129 Å². The molecule has 0 saturated carbocycles. The fourth-order valence-corrected chi connectivity index (χ4v) is 3.35. The number of nitrogens with zero attached hydrogens (tertiary/aromatic N) is 1. The molecular weight excluding hydrogens is 460 g/mol. The molecule has 0 aliphatic rings. The third kappa shape index (κ3) is 7.83. The highest BCUT2D eigenvalue weighted by atomic mass is 35.5. The lowest BCUT2D eigenvalue weighted by Crippen LogP contribution is -2.27. The van der Waals surface area contributed by atoms with E-state index in [1.54, 1.807) is 24.3 Å². The van der Waals surface area contributed by atoms with E-state index in [0.29, 0.717) is 31.7 Å². The highest BCUT2D eigenvalue weighted by molar-refractivity contribution is 5.85. The number of nitrogens with two attached hydrogens (primary N) is 1. The lowest BCUT2D eigenvalue weighted by Gasteiger charge is -2.23. The quantitative estimate of drug-likeness (QED) is 0.145. The van der Waals surface area contributed by atoms with Gasteiger partial charge in [0.05, 0.1) is 13.2 Å². The number of benzene rings is 3. The largest absolute Gasteiger partial charge is 0.504 e. The van der Waals surface area contributed by atoms with Crippen molar-refractivity contribution in [1.29, 1.82) is 0 Å². The number of anilines is 1. The molecule has 0 bridgehead atoms. The molecule has 0 spiro atoms. The van der Waals surface area contributed by atoms with Crippen LogP contribution in [0.25, 0.3) is 0 Å². The predicted octanol–water partition coefficient (Wildman–Crippen LogP) is 4.25. The van der Waals surface area contributed by atoms with Gasteiger partial charge in [-0.15, -0.1) is 12.4 Å². The summed E-state index contributed by atoms with van der Waals surface area (Å²) < 4.78 is 11.2. The summed E-state index contributed by atoms with van der Waals surface area (Å²) in [6.45, 7) is 2.95. The number of hydrogen-bond donors (Lipinski definition) is 5. The van der Waals surface area contributed by atoms with Gasteiger partial charge in [0.15, 0.2) is 23.0 Å². The van der Waals surface area contributed by atoms with Crippen LogP contribution < -0.4 is 15.2 Å². The number of para-hydroxylation sites is 2. The summed E-state index contributed by atoms with van der Waals surface area (Å²) in [5.74, 6) is -0.448. The van der Waals surface area contributed by atoms with Crippen molar-refractivity contribution in [1.82, 2.24) is 4.90 Å². The monoisotopic (exact) mass is 490 g/mol. The van der Waals surface area contributed by atoms with Gasteiger partial charge in [0.1, 0.15) is 0 Å². The van der Waals surface area contributed by atoms with Gasteiger partial charge in [0, 0.05) is 25.3 Å². The number of phenols is 4. The van der Waals surface area contributed by atoms with Crippen molar-refractivity contribution in [2.24, 2.45) is 0 Å². The number of ether oxygens (including phenoxy) is 2. The van der Waals surface area contributed by atoms with Crippen LogP contribution in [0.2, 0.25) is 0 Å². The molecule has 0 saturated heterocycles. The summed E-state index contributed by atoms with van der Waals surface area (Å²) in [5, 5.41) is 38.9. The van der Waals surface area contributed by atoms with E-state index in [2.05, 4.69) is 4.90 Å². The van der Waals surface area contributed by atoms with Crippen molar-refractivity contribution in [3.8, 4) is 34.5 Å². The van der Waals surface area contributed by atoms with E-state index in [1.165, 1.54) is 12.1 Å². The van der Waals surface area contributed by atoms with Gasteiger partial charge in [-0.05, 0) is 54.8 Å². The molecule has 184 valence electrons. The fraction of sp³-hybridized carbons (Fsp3) is 0.280. The summed E-state index contributed by atoms with van der Waals surface area (Å²) in [7, 11) is 0. The molecular formula is C25H31ClN2O6. The highest BCUT2D eigenvalue weighted by Gasteiger charge is 2.10. The predicted molar refractivity (Wildman–Crippen MR) is 133 cm³/mol. The van der Waals surface area contributed by atoms with Gasteiger partial charge in [-0.2, -0.15) is 0 Å². The average Bonchev–Trinajstić information content (AvgIpc) is 2.80. The molecule has 3 aromatic carbocycles. The van der Waals surface area contributed by atoms with E-state index < -0.39 is 0 Å². The Morgan fingerprint density at radius 2 is 1.15 bits per heavy atom. The van der Waals surface area contributed by atoms with Gasteiger partial charge >= 0.3 is 0 Å². The molecule has 0 aromatic heterocycles. The van der Waals surface area contributed by atoms with E-state index in [4.69, 9.17) is 15.2 Å². The van der Waals surface area contributed by atoms with E-state index in [9.17, 15) is 20.4 Å². The molecule has 0 fully saturated rings. The zero-order chi connectivity index (χ0) is 23.6. The lowest BCUT2D eigenvalue weighted by atomic mass is 10.2. The normalized spacial score (nSPS) is 10.6. The Labute approximate surface area is 205 Å². The molecule has 0 amide bonds. The Kier molecular flexibility index (Phi) is 10.4. The molecule has 34 heavy (non-hydrogen) atoms. The summed E-state index contributed by atoms with van der Waals surface area (Å²) in [5.41, 5.74) is 7.63. The third-order valence-electron chi connectivity index (χ3n) is 5.09. The van der Waals surface area contributed by atoms with Gasteiger partial charge in [-0.25, -0.2) is 0 Å². The van der Waals surface area contributed by atoms with Crippen LogP contribution in [0.15, 0.2) is 60.7 Å². The SMILES string of the molecule is Cl.Nc1ccc(CN(CCCOc2cccc(O)c2O)CCCOc2cccc(O)c2O)cc1. The minimum atomic E-state index is -0.261. The van der Waals surface area contributed by atoms with Crippen molar-refractivity contribution in [2.75, 3.05) is 32.0 Å². The van der Waals surface area contributed by atoms with Crippen molar-refractivity contribution in [2.45, 2.75) is 19.4 Å². The standard InChI is InChI=1S/C25H30N2O6.ClH/c26-19-11-9-18(10-12-19)17-27(13-3-15-32-22-7-1-5-20(28)24(22)30)14-4-16-33-23-8-2-6-21(29)25(23)31;/h1-2,5-12,28-31H,3-4,13-17,26H2;1H. The second-order valence-corrected chi connectivity index (χ2v) is 7.67. The van der Waals surface area contributed by atoms with Gasteiger partial charge in [-0.3, -0.25) is 4.90 Å². The first-order chi connectivity index (χ1) is 15.9. The molecule has 0 heterocycles. The molecule has 0 unspecified atom stereocenters. The molecule has 0 aliphatic carbocycles. The summed E-state index contributed by atoms with van der Waals surface area (Å²) in [6.07, 6.45) is 1.41. The van der Waals surface area contributed by atoms with E-state index >= 15 is 0 Å².